The Morgan fingerprint density at radius 2 is 2.44 bits per heavy atom. The normalized spacial score (nSPS) is 19.8. The highest BCUT2D eigenvalue weighted by molar-refractivity contribution is 5.57. The number of aliphatic hydroxyl groups is 1. The Balaban J connectivity index is 2.18. The third-order valence-electron chi connectivity index (χ3n) is 3.32. The van der Waals surface area contributed by atoms with Gasteiger partial charge in [0.05, 0.1) is 4.92 Å². The summed E-state index contributed by atoms with van der Waals surface area (Å²) >= 11 is 0. The van der Waals surface area contributed by atoms with Crippen LogP contribution in [0.5, 0.6) is 0 Å². The van der Waals surface area contributed by atoms with Crippen molar-refractivity contribution in [3.63, 3.8) is 0 Å². The fourth-order valence-corrected chi connectivity index (χ4v) is 2.45. The van der Waals surface area contributed by atoms with Gasteiger partial charge in [-0.2, -0.15) is 0 Å². The minimum atomic E-state index is -0.391. The van der Waals surface area contributed by atoms with Crippen LogP contribution in [0.15, 0.2) is 18.3 Å². The standard InChI is InChI=1S/C12H17N3O3/c16-8-5-10-3-2-7-14(9-10)12-11(15(17)18)4-1-6-13-12/h1,4,6,10,16H,2-3,5,7-9H2. The van der Waals surface area contributed by atoms with Crippen molar-refractivity contribution in [1.29, 1.82) is 0 Å². The van der Waals surface area contributed by atoms with Crippen LogP contribution in [0.1, 0.15) is 19.3 Å². The number of rotatable bonds is 4. The molecule has 0 amide bonds. The average molecular weight is 251 g/mol. The van der Waals surface area contributed by atoms with Crippen molar-refractivity contribution in [2.24, 2.45) is 5.92 Å². The second kappa shape index (κ2) is 5.77. The minimum Gasteiger partial charge on any atom is -0.396 e. The minimum absolute atomic E-state index is 0.0575. The number of piperidine rings is 1. The molecule has 1 aromatic heterocycles. The van der Waals surface area contributed by atoms with Gasteiger partial charge < -0.3 is 10.0 Å². The lowest BCUT2D eigenvalue weighted by Crippen LogP contribution is -2.36. The van der Waals surface area contributed by atoms with Crippen LogP contribution in [0, 0.1) is 16.0 Å². The van der Waals surface area contributed by atoms with E-state index in [9.17, 15) is 10.1 Å². The highest BCUT2D eigenvalue weighted by Gasteiger charge is 2.25. The number of hydrogen-bond acceptors (Lipinski definition) is 5. The Labute approximate surface area is 105 Å². The molecule has 1 unspecified atom stereocenters. The molecule has 6 nitrogen and oxygen atoms in total. The SMILES string of the molecule is O=[N+]([O-])c1cccnc1N1CCCC(CCO)C1. The first-order valence-corrected chi connectivity index (χ1v) is 6.17. The van der Waals surface area contributed by atoms with Gasteiger partial charge in [-0.15, -0.1) is 0 Å². The molecule has 2 heterocycles. The molecule has 0 spiro atoms. The Morgan fingerprint density at radius 1 is 1.61 bits per heavy atom. The summed E-state index contributed by atoms with van der Waals surface area (Å²) in [6.07, 6.45) is 4.38. The summed E-state index contributed by atoms with van der Waals surface area (Å²) in [5, 5.41) is 19.9. The van der Waals surface area contributed by atoms with E-state index in [1.807, 2.05) is 4.90 Å². The molecule has 6 heteroatoms. The molecule has 1 saturated heterocycles. The van der Waals surface area contributed by atoms with E-state index in [1.54, 1.807) is 12.3 Å². The van der Waals surface area contributed by atoms with Gasteiger partial charge in [0, 0.05) is 32.0 Å². The van der Waals surface area contributed by atoms with Gasteiger partial charge >= 0.3 is 5.69 Å². The van der Waals surface area contributed by atoms with Gasteiger partial charge in [-0.05, 0) is 31.2 Å². The Bertz CT molecular complexity index is 423. The number of aromatic nitrogens is 1. The second-order valence-electron chi connectivity index (χ2n) is 4.57. The van der Waals surface area contributed by atoms with Crippen molar-refractivity contribution in [3.05, 3.63) is 28.4 Å². The lowest BCUT2D eigenvalue weighted by Gasteiger charge is -2.32. The predicted octanol–water partition coefficient (Wildman–Crippen LogP) is 1.59. The van der Waals surface area contributed by atoms with Crippen LogP contribution in [-0.4, -0.2) is 34.7 Å². The average Bonchev–Trinajstić information content (AvgIpc) is 2.39. The molecule has 0 aliphatic carbocycles. The van der Waals surface area contributed by atoms with Gasteiger partial charge in [-0.3, -0.25) is 10.1 Å². The molecule has 18 heavy (non-hydrogen) atoms. The first-order chi connectivity index (χ1) is 8.72. The van der Waals surface area contributed by atoms with Crippen molar-refractivity contribution in [1.82, 2.24) is 4.98 Å². The van der Waals surface area contributed by atoms with Crippen molar-refractivity contribution >= 4 is 11.5 Å². The van der Waals surface area contributed by atoms with Gasteiger partial charge in [-0.25, -0.2) is 4.98 Å². The smallest absolute Gasteiger partial charge is 0.311 e. The molecular formula is C12H17N3O3. The first kappa shape index (κ1) is 12.8. The monoisotopic (exact) mass is 251 g/mol. The number of nitrogens with zero attached hydrogens (tertiary/aromatic N) is 3. The summed E-state index contributed by atoms with van der Waals surface area (Å²) in [5.41, 5.74) is 0.0575. The van der Waals surface area contributed by atoms with E-state index in [0.29, 0.717) is 11.7 Å². The maximum Gasteiger partial charge on any atom is 0.311 e. The third kappa shape index (κ3) is 2.76. The number of anilines is 1. The van der Waals surface area contributed by atoms with Gasteiger partial charge in [0.1, 0.15) is 0 Å². The maximum absolute atomic E-state index is 11.0. The molecule has 98 valence electrons. The molecule has 1 aliphatic heterocycles. The summed E-state index contributed by atoms with van der Waals surface area (Å²) in [7, 11) is 0. The van der Waals surface area contributed by atoms with E-state index in [4.69, 9.17) is 5.11 Å². The van der Waals surface area contributed by atoms with Crippen LogP contribution < -0.4 is 4.90 Å². The first-order valence-electron chi connectivity index (χ1n) is 6.17. The van der Waals surface area contributed by atoms with Crippen molar-refractivity contribution < 1.29 is 10.0 Å². The fraction of sp³-hybridized carbons (Fsp3) is 0.583. The van der Waals surface area contributed by atoms with E-state index in [-0.39, 0.29) is 12.3 Å². The van der Waals surface area contributed by atoms with Crippen molar-refractivity contribution in [3.8, 4) is 0 Å². The highest BCUT2D eigenvalue weighted by Crippen LogP contribution is 2.29. The molecular weight excluding hydrogens is 234 g/mol. The summed E-state index contributed by atoms with van der Waals surface area (Å²) in [5.74, 6) is 0.843. The quantitative estimate of drug-likeness (QED) is 0.649. The number of pyridine rings is 1. The van der Waals surface area contributed by atoms with Crippen LogP contribution in [0.4, 0.5) is 11.5 Å². The molecule has 0 radical (unpaired) electrons. The maximum atomic E-state index is 11.0. The van der Waals surface area contributed by atoms with E-state index in [0.717, 1.165) is 32.4 Å². The van der Waals surface area contributed by atoms with E-state index >= 15 is 0 Å². The van der Waals surface area contributed by atoms with E-state index in [1.165, 1.54) is 6.07 Å². The molecule has 1 fully saturated rings. The predicted molar refractivity (Wildman–Crippen MR) is 67.5 cm³/mol. The third-order valence-corrected chi connectivity index (χ3v) is 3.32. The van der Waals surface area contributed by atoms with Gasteiger partial charge in [0.2, 0.25) is 5.82 Å². The Hall–Kier alpha value is -1.69. The van der Waals surface area contributed by atoms with E-state index in [2.05, 4.69) is 4.98 Å². The molecule has 0 bridgehead atoms. The lowest BCUT2D eigenvalue weighted by molar-refractivity contribution is -0.384. The highest BCUT2D eigenvalue weighted by atomic mass is 16.6. The number of nitro groups is 1. The van der Waals surface area contributed by atoms with Crippen LogP contribution in [0.3, 0.4) is 0 Å². The second-order valence-corrected chi connectivity index (χ2v) is 4.57. The zero-order valence-corrected chi connectivity index (χ0v) is 10.2. The molecule has 0 aromatic carbocycles. The molecule has 0 saturated carbocycles. The zero-order chi connectivity index (χ0) is 13.0. The topological polar surface area (TPSA) is 79.5 Å². The number of aliphatic hydroxyl groups excluding tert-OH is 1. The Morgan fingerprint density at radius 3 is 3.17 bits per heavy atom. The molecule has 1 atom stereocenters. The van der Waals surface area contributed by atoms with Crippen molar-refractivity contribution in [2.45, 2.75) is 19.3 Å². The van der Waals surface area contributed by atoms with Gasteiger partial charge in [-0.1, -0.05) is 0 Å². The van der Waals surface area contributed by atoms with Crippen LogP contribution >= 0.6 is 0 Å². The lowest BCUT2D eigenvalue weighted by atomic mass is 9.95. The Kier molecular flexibility index (Phi) is 4.09. The van der Waals surface area contributed by atoms with Crippen molar-refractivity contribution in [2.75, 3.05) is 24.6 Å². The van der Waals surface area contributed by atoms with Gasteiger partial charge in [0.25, 0.3) is 0 Å². The molecule has 1 aliphatic rings. The molecule has 1 N–H and O–H groups in total. The summed E-state index contributed by atoms with van der Waals surface area (Å²) in [6, 6.07) is 3.06. The largest absolute Gasteiger partial charge is 0.396 e. The molecule has 1 aromatic rings. The molecule has 2 rings (SSSR count). The van der Waals surface area contributed by atoms with Crippen LogP contribution in [0.25, 0.3) is 0 Å². The summed E-state index contributed by atoms with van der Waals surface area (Å²) < 4.78 is 0. The van der Waals surface area contributed by atoms with Crippen LogP contribution in [0.2, 0.25) is 0 Å². The summed E-state index contributed by atoms with van der Waals surface area (Å²) in [4.78, 5) is 16.7. The number of hydrogen-bond donors (Lipinski definition) is 1. The van der Waals surface area contributed by atoms with E-state index < -0.39 is 4.92 Å². The van der Waals surface area contributed by atoms with Crippen LogP contribution in [-0.2, 0) is 0 Å². The zero-order valence-electron chi connectivity index (χ0n) is 10.2. The van der Waals surface area contributed by atoms with Gasteiger partial charge in [0.15, 0.2) is 0 Å². The fourth-order valence-electron chi connectivity index (χ4n) is 2.45. The summed E-state index contributed by atoms with van der Waals surface area (Å²) in [6.45, 7) is 1.70.